The number of rotatable bonds is 4. The second kappa shape index (κ2) is 5.18. The van der Waals surface area contributed by atoms with E-state index in [2.05, 4.69) is 17.4 Å². The SMILES string of the molecule is CC(Cl)CNCc1ccccc1. The Bertz CT molecular complexity index is 208. The van der Waals surface area contributed by atoms with E-state index in [4.69, 9.17) is 11.6 Å². The highest BCUT2D eigenvalue weighted by molar-refractivity contribution is 6.20. The average molecular weight is 184 g/mol. The molecule has 1 atom stereocenters. The lowest BCUT2D eigenvalue weighted by Crippen LogP contribution is -2.20. The highest BCUT2D eigenvalue weighted by atomic mass is 35.5. The molecule has 0 spiro atoms. The number of hydrogen-bond acceptors (Lipinski definition) is 1. The molecule has 0 saturated heterocycles. The van der Waals surface area contributed by atoms with Crippen molar-refractivity contribution in [2.24, 2.45) is 0 Å². The number of benzene rings is 1. The summed E-state index contributed by atoms with van der Waals surface area (Å²) in [6.45, 7) is 3.74. The van der Waals surface area contributed by atoms with E-state index in [1.807, 2.05) is 25.1 Å². The number of alkyl halides is 1. The van der Waals surface area contributed by atoms with E-state index >= 15 is 0 Å². The molecule has 0 bridgehead atoms. The van der Waals surface area contributed by atoms with Gasteiger partial charge in [-0.25, -0.2) is 0 Å². The maximum absolute atomic E-state index is 5.78. The van der Waals surface area contributed by atoms with Crippen LogP contribution in [0.15, 0.2) is 30.3 Å². The van der Waals surface area contributed by atoms with E-state index in [1.54, 1.807) is 0 Å². The molecule has 0 aromatic heterocycles. The Morgan fingerprint density at radius 1 is 1.33 bits per heavy atom. The first-order chi connectivity index (χ1) is 5.79. The Morgan fingerprint density at radius 3 is 2.58 bits per heavy atom. The first kappa shape index (κ1) is 9.56. The van der Waals surface area contributed by atoms with Gasteiger partial charge < -0.3 is 5.32 Å². The zero-order valence-corrected chi connectivity index (χ0v) is 8.01. The summed E-state index contributed by atoms with van der Waals surface area (Å²) in [5.41, 5.74) is 1.30. The lowest BCUT2D eigenvalue weighted by Gasteiger charge is -2.05. The van der Waals surface area contributed by atoms with Crippen LogP contribution in [0, 0.1) is 0 Å². The molecule has 1 aromatic rings. The van der Waals surface area contributed by atoms with E-state index in [0.29, 0.717) is 0 Å². The molecular formula is C10H14ClN. The summed E-state index contributed by atoms with van der Waals surface area (Å²) in [6, 6.07) is 10.3. The van der Waals surface area contributed by atoms with Gasteiger partial charge in [0.2, 0.25) is 0 Å². The molecule has 0 saturated carbocycles. The molecule has 12 heavy (non-hydrogen) atoms. The Labute approximate surface area is 78.7 Å². The monoisotopic (exact) mass is 183 g/mol. The summed E-state index contributed by atoms with van der Waals surface area (Å²) in [5.74, 6) is 0. The van der Waals surface area contributed by atoms with Crippen molar-refractivity contribution in [3.63, 3.8) is 0 Å². The number of halogens is 1. The Balaban J connectivity index is 2.25. The van der Waals surface area contributed by atoms with E-state index in [-0.39, 0.29) is 5.38 Å². The predicted octanol–water partition coefficient (Wildman–Crippen LogP) is 2.40. The molecule has 0 aliphatic carbocycles. The summed E-state index contributed by atoms with van der Waals surface area (Å²) in [4.78, 5) is 0. The minimum atomic E-state index is 0.203. The van der Waals surface area contributed by atoms with Gasteiger partial charge in [-0.1, -0.05) is 30.3 Å². The molecule has 2 heteroatoms. The largest absolute Gasteiger partial charge is 0.311 e. The van der Waals surface area contributed by atoms with E-state index in [9.17, 15) is 0 Å². The molecule has 66 valence electrons. The molecule has 1 nitrogen and oxygen atoms in total. The van der Waals surface area contributed by atoms with E-state index < -0.39 is 0 Å². The first-order valence-corrected chi connectivity index (χ1v) is 4.61. The zero-order valence-electron chi connectivity index (χ0n) is 7.26. The second-order valence-corrected chi connectivity index (χ2v) is 3.64. The van der Waals surface area contributed by atoms with Gasteiger partial charge in [-0.2, -0.15) is 0 Å². The summed E-state index contributed by atoms with van der Waals surface area (Å²) >= 11 is 5.78. The molecule has 1 aromatic carbocycles. The van der Waals surface area contributed by atoms with Crippen LogP contribution < -0.4 is 5.32 Å². The molecule has 1 N–H and O–H groups in total. The fraction of sp³-hybridized carbons (Fsp3) is 0.400. The Morgan fingerprint density at radius 2 is 2.00 bits per heavy atom. The van der Waals surface area contributed by atoms with Crippen LogP contribution >= 0.6 is 11.6 Å². The summed E-state index contributed by atoms with van der Waals surface area (Å²) in [5, 5.41) is 3.47. The molecule has 0 amide bonds. The topological polar surface area (TPSA) is 12.0 Å². The third-order valence-electron chi connectivity index (χ3n) is 1.60. The number of nitrogens with one attached hydrogen (secondary N) is 1. The minimum absolute atomic E-state index is 0.203. The van der Waals surface area contributed by atoms with Gasteiger partial charge in [0.25, 0.3) is 0 Å². The van der Waals surface area contributed by atoms with Crippen LogP contribution in [0.25, 0.3) is 0 Å². The molecule has 1 rings (SSSR count). The third-order valence-corrected chi connectivity index (χ3v) is 1.75. The molecular weight excluding hydrogens is 170 g/mol. The standard InChI is InChI=1S/C10H14ClN/c1-9(11)7-12-8-10-5-3-2-4-6-10/h2-6,9,12H,7-8H2,1H3. The van der Waals surface area contributed by atoms with Gasteiger partial charge in [0.1, 0.15) is 0 Å². The summed E-state index contributed by atoms with van der Waals surface area (Å²) in [6.07, 6.45) is 0. The minimum Gasteiger partial charge on any atom is -0.311 e. The van der Waals surface area contributed by atoms with Crippen LogP contribution in [-0.4, -0.2) is 11.9 Å². The number of hydrogen-bond donors (Lipinski definition) is 1. The van der Waals surface area contributed by atoms with Crippen molar-refractivity contribution < 1.29 is 0 Å². The van der Waals surface area contributed by atoms with E-state index in [1.165, 1.54) is 5.56 Å². The van der Waals surface area contributed by atoms with Crippen LogP contribution in [0.2, 0.25) is 0 Å². The quantitative estimate of drug-likeness (QED) is 0.707. The van der Waals surface area contributed by atoms with E-state index in [0.717, 1.165) is 13.1 Å². The smallest absolute Gasteiger partial charge is 0.0432 e. The molecule has 0 heterocycles. The lowest BCUT2D eigenvalue weighted by atomic mass is 10.2. The third kappa shape index (κ3) is 3.74. The fourth-order valence-corrected chi connectivity index (χ4v) is 1.12. The molecule has 0 aliphatic rings. The van der Waals surface area contributed by atoms with Crippen LogP contribution in [0.3, 0.4) is 0 Å². The molecule has 0 radical (unpaired) electrons. The lowest BCUT2D eigenvalue weighted by molar-refractivity contribution is 0.680. The van der Waals surface area contributed by atoms with Gasteiger partial charge in [0.05, 0.1) is 0 Å². The molecule has 0 aliphatic heterocycles. The molecule has 0 fully saturated rings. The second-order valence-electron chi connectivity index (χ2n) is 2.90. The van der Waals surface area contributed by atoms with Crippen LogP contribution in [0.5, 0.6) is 0 Å². The maximum Gasteiger partial charge on any atom is 0.0432 e. The van der Waals surface area contributed by atoms with Crippen molar-refractivity contribution in [2.45, 2.75) is 18.8 Å². The van der Waals surface area contributed by atoms with Gasteiger partial charge >= 0.3 is 0 Å². The normalized spacial score (nSPS) is 12.8. The van der Waals surface area contributed by atoms with Crippen LogP contribution in [0.4, 0.5) is 0 Å². The van der Waals surface area contributed by atoms with Crippen molar-refractivity contribution in [3.05, 3.63) is 35.9 Å². The van der Waals surface area contributed by atoms with Crippen molar-refractivity contribution in [3.8, 4) is 0 Å². The Hall–Kier alpha value is -0.530. The van der Waals surface area contributed by atoms with Gasteiger partial charge in [0, 0.05) is 18.5 Å². The van der Waals surface area contributed by atoms with Crippen molar-refractivity contribution >= 4 is 11.6 Å². The van der Waals surface area contributed by atoms with Gasteiger partial charge in [-0.3, -0.25) is 0 Å². The van der Waals surface area contributed by atoms with Gasteiger partial charge in [-0.15, -0.1) is 11.6 Å². The molecule has 1 unspecified atom stereocenters. The maximum atomic E-state index is 5.78. The van der Waals surface area contributed by atoms with Gasteiger partial charge in [-0.05, 0) is 12.5 Å². The summed E-state index contributed by atoms with van der Waals surface area (Å²) in [7, 11) is 0. The first-order valence-electron chi connectivity index (χ1n) is 4.18. The van der Waals surface area contributed by atoms with Crippen LogP contribution in [-0.2, 0) is 6.54 Å². The van der Waals surface area contributed by atoms with Crippen molar-refractivity contribution in [1.82, 2.24) is 5.32 Å². The van der Waals surface area contributed by atoms with Crippen molar-refractivity contribution in [1.29, 1.82) is 0 Å². The Kier molecular flexibility index (Phi) is 4.12. The van der Waals surface area contributed by atoms with Gasteiger partial charge in [0.15, 0.2) is 0 Å². The van der Waals surface area contributed by atoms with Crippen LogP contribution in [0.1, 0.15) is 12.5 Å². The average Bonchev–Trinajstić information content (AvgIpc) is 2.05. The zero-order chi connectivity index (χ0) is 8.81. The predicted molar refractivity (Wildman–Crippen MR) is 53.5 cm³/mol. The fourth-order valence-electron chi connectivity index (χ4n) is 1.01. The highest BCUT2D eigenvalue weighted by Crippen LogP contribution is 1.97. The summed E-state index contributed by atoms with van der Waals surface area (Å²) < 4.78 is 0. The highest BCUT2D eigenvalue weighted by Gasteiger charge is 1.94. The van der Waals surface area contributed by atoms with Crippen molar-refractivity contribution in [2.75, 3.05) is 6.54 Å².